The van der Waals surface area contributed by atoms with Crippen molar-refractivity contribution in [3.8, 4) is 5.69 Å². The third-order valence-electron chi connectivity index (χ3n) is 3.75. The summed E-state index contributed by atoms with van der Waals surface area (Å²) in [4.78, 5) is 12.7. The van der Waals surface area contributed by atoms with Crippen molar-refractivity contribution in [2.75, 3.05) is 0 Å². The average molecular weight is 317 g/mol. The van der Waals surface area contributed by atoms with E-state index in [0.29, 0.717) is 23.9 Å². The summed E-state index contributed by atoms with van der Waals surface area (Å²) >= 11 is 0. The van der Waals surface area contributed by atoms with Crippen LogP contribution >= 0.6 is 0 Å². The van der Waals surface area contributed by atoms with Crippen LogP contribution in [0.25, 0.3) is 16.5 Å². The Balaban J connectivity index is 2.45. The molecule has 2 nitrogen and oxygen atoms in total. The number of fused-ring (bicyclic) bond motifs is 1. The summed E-state index contributed by atoms with van der Waals surface area (Å²) in [5.74, 6) is -2.85. The van der Waals surface area contributed by atoms with Crippen molar-refractivity contribution in [2.24, 2.45) is 0 Å². The van der Waals surface area contributed by atoms with Gasteiger partial charge in [0.25, 0.3) is 5.56 Å². The molecule has 0 saturated heterocycles. The van der Waals surface area contributed by atoms with Crippen molar-refractivity contribution in [1.29, 1.82) is 0 Å². The lowest BCUT2D eigenvalue weighted by molar-refractivity contribution is 0.502. The Kier molecular flexibility index (Phi) is 3.94. The highest BCUT2D eigenvalue weighted by Crippen LogP contribution is 2.22. The van der Waals surface area contributed by atoms with Crippen LogP contribution in [0.15, 0.2) is 47.3 Å². The van der Waals surface area contributed by atoms with E-state index in [4.69, 9.17) is 0 Å². The molecule has 0 unspecified atom stereocenters. The van der Waals surface area contributed by atoms with Gasteiger partial charge in [-0.15, -0.1) is 0 Å². The molecular weight excluding hydrogens is 303 g/mol. The van der Waals surface area contributed by atoms with Crippen LogP contribution in [0.5, 0.6) is 0 Å². The first-order chi connectivity index (χ1) is 11.0. The van der Waals surface area contributed by atoms with Crippen molar-refractivity contribution >= 4 is 10.8 Å². The van der Waals surface area contributed by atoms with Crippen LogP contribution in [0.2, 0.25) is 0 Å². The molecule has 0 fully saturated rings. The molecule has 3 aromatic rings. The second-order valence-corrected chi connectivity index (χ2v) is 5.30. The number of hydrogen-bond acceptors (Lipinski definition) is 1. The van der Waals surface area contributed by atoms with Crippen molar-refractivity contribution in [3.63, 3.8) is 0 Å². The third-order valence-corrected chi connectivity index (χ3v) is 3.75. The van der Waals surface area contributed by atoms with Crippen LogP contribution in [0.3, 0.4) is 0 Å². The number of nitrogens with zero attached hydrogens (tertiary/aromatic N) is 1. The van der Waals surface area contributed by atoms with E-state index in [9.17, 15) is 18.0 Å². The van der Waals surface area contributed by atoms with Crippen molar-refractivity contribution in [2.45, 2.75) is 19.8 Å². The summed E-state index contributed by atoms with van der Waals surface area (Å²) in [6, 6.07) is 9.58. The number of benzene rings is 2. The van der Waals surface area contributed by atoms with E-state index in [1.54, 1.807) is 12.1 Å². The maximum atomic E-state index is 14.2. The predicted octanol–water partition coefficient (Wildman–Crippen LogP) is 4.36. The van der Waals surface area contributed by atoms with Gasteiger partial charge in [-0.2, -0.15) is 0 Å². The molecule has 0 amide bonds. The maximum Gasteiger partial charge on any atom is 0.266 e. The van der Waals surface area contributed by atoms with Crippen LogP contribution in [0, 0.1) is 17.5 Å². The highest BCUT2D eigenvalue weighted by atomic mass is 19.2. The molecule has 0 radical (unpaired) electrons. The van der Waals surface area contributed by atoms with Gasteiger partial charge in [-0.3, -0.25) is 9.36 Å². The predicted molar refractivity (Wildman–Crippen MR) is 83.4 cm³/mol. The molecule has 0 aliphatic heterocycles. The van der Waals surface area contributed by atoms with E-state index in [-0.39, 0.29) is 11.1 Å². The number of hydrogen-bond donors (Lipinski definition) is 0. The van der Waals surface area contributed by atoms with Gasteiger partial charge < -0.3 is 0 Å². The minimum absolute atomic E-state index is 0.129. The van der Waals surface area contributed by atoms with Gasteiger partial charge in [0.2, 0.25) is 0 Å². The molecular formula is C18H14F3NO. The Hall–Kier alpha value is -2.56. The van der Waals surface area contributed by atoms with Crippen molar-refractivity contribution in [1.82, 2.24) is 4.57 Å². The highest BCUT2D eigenvalue weighted by Gasteiger charge is 2.17. The molecule has 2 aromatic carbocycles. The molecule has 1 heterocycles. The Morgan fingerprint density at radius 2 is 1.70 bits per heavy atom. The van der Waals surface area contributed by atoms with E-state index in [0.717, 1.165) is 10.6 Å². The lowest BCUT2D eigenvalue weighted by Crippen LogP contribution is -2.24. The lowest BCUT2D eigenvalue weighted by Gasteiger charge is -2.15. The molecule has 0 aliphatic carbocycles. The Labute approximate surface area is 130 Å². The van der Waals surface area contributed by atoms with Crippen LogP contribution in [-0.2, 0) is 6.42 Å². The molecule has 0 atom stereocenters. The van der Waals surface area contributed by atoms with Crippen LogP contribution in [0.4, 0.5) is 13.2 Å². The minimum atomic E-state index is -1.12. The van der Waals surface area contributed by atoms with Gasteiger partial charge in [0.1, 0.15) is 5.82 Å². The van der Waals surface area contributed by atoms with Gasteiger partial charge in [0.05, 0.1) is 11.1 Å². The van der Waals surface area contributed by atoms with Gasteiger partial charge >= 0.3 is 0 Å². The number of pyridine rings is 1. The van der Waals surface area contributed by atoms with Crippen molar-refractivity contribution < 1.29 is 13.2 Å². The van der Waals surface area contributed by atoms with Crippen molar-refractivity contribution in [3.05, 3.63) is 76.0 Å². The molecule has 0 spiro atoms. The van der Waals surface area contributed by atoms with Gasteiger partial charge in [0, 0.05) is 5.69 Å². The number of aryl methyl sites for hydroxylation is 1. The van der Waals surface area contributed by atoms with Gasteiger partial charge in [-0.1, -0.05) is 31.5 Å². The largest absolute Gasteiger partial charge is 0.278 e. The summed E-state index contributed by atoms with van der Waals surface area (Å²) in [7, 11) is 0. The molecule has 23 heavy (non-hydrogen) atoms. The molecule has 3 rings (SSSR count). The second kappa shape index (κ2) is 5.91. The SMILES string of the molecule is CCCc1cc2cccc(F)c2c(=O)n1-c1cccc(F)c1F. The summed E-state index contributed by atoms with van der Waals surface area (Å²) in [5, 5.41) is 0.322. The van der Waals surface area contributed by atoms with E-state index < -0.39 is 23.0 Å². The minimum Gasteiger partial charge on any atom is -0.278 e. The van der Waals surface area contributed by atoms with Crippen LogP contribution in [0.1, 0.15) is 19.0 Å². The zero-order chi connectivity index (χ0) is 16.6. The monoisotopic (exact) mass is 317 g/mol. The van der Waals surface area contributed by atoms with Gasteiger partial charge in [-0.25, -0.2) is 13.2 Å². The molecule has 0 aliphatic rings. The standard InChI is InChI=1S/C18H14F3NO/c1-2-5-12-10-11-6-3-7-13(19)16(11)18(23)22(12)15-9-4-8-14(20)17(15)21/h3-4,6-10H,2,5H2,1H3. The summed E-state index contributed by atoms with van der Waals surface area (Å²) < 4.78 is 42.8. The van der Waals surface area contributed by atoms with E-state index in [1.165, 1.54) is 24.3 Å². The van der Waals surface area contributed by atoms with Gasteiger partial charge in [-0.05, 0) is 36.1 Å². The number of rotatable bonds is 3. The first kappa shape index (κ1) is 15.3. The number of aromatic nitrogens is 1. The lowest BCUT2D eigenvalue weighted by atomic mass is 10.1. The zero-order valence-corrected chi connectivity index (χ0v) is 12.4. The maximum absolute atomic E-state index is 14.2. The van der Waals surface area contributed by atoms with Crippen LogP contribution < -0.4 is 5.56 Å². The fourth-order valence-corrected chi connectivity index (χ4v) is 2.74. The molecule has 0 bridgehead atoms. The fourth-order valence-electron chi connectivity index (χ4n) is 2.74. The Morgan fingerprint density at radius 1 is 1.00 bits per heavy atom. The average Bonchev–Trinajstić information content (AvgIpc) is 2.51. The number of halogens is 3. The summed E-state index contributed by atoms with van der Waals surface area (Å²) in [6.45, 7) is 1.91. The fraction of sp³-hybridized carbons (Fsp3) is 0.167. The normalized spacial score (nSPS) is 11.1. The first-order valence-corrected chi connectivity index (χ1v) is 7.32. The first-order valence-electron chi connectivity index (χ1n) is 7.32. The molecule has 1 aromatic heterocycles. The zero-order valence-electron chi connectivity index (χ0n) is 12.4. The van der Waals surface area contributed by atoms with E-state index >= 15 is 0 Å². The summed E-state index contributed by atoms with van der Waals surface area (Å²) in [5.41, 5.74) is -0.378. The topological polar surface area (TPSA) is 22.0 Å². The van der Waals surface area contributed by atoms with Gasteiger partial charge in [0.15, 0.2) is 11.6 Å². The van der Waals surface area contributed by atoms with E-state index in [2.05, 4.69) is 0 Å². The summed E-state index contributed by atoms with van der Waals surface area (Å²) in [6.07, 6.45) is 1.19. The molecule has 0 saturated carbocycles. The smallest absolute Gasteiger partial charge is 0.266 e. The quantitative estimate of drug-likeness (QED) is 0.703. The highest BCUT2D eigenvalue weighted by molar-refractivity contribution is 5.83. The van der Waals surface area contributed by atoms with Crippen LogP contribution in [-0.4, -0.2) is 4.57 Å². The Bertz CT molecular complexity index is 947. The third kappa shape index (κ3) is 2.52. The molecule has 118 valence electrons. The van der Waals surface area contributed by atoms with E-state index in [1.807, 2.05) is 6.92 Å². The molecule has 0 N–H and O–H groups in total. The molecule has 5 heteroatoms. The Morgan fingerprint density at radius 3 is 2.43 bits per heavy atom. The second-order valence-electron chi connectivity index (χ2n) is 5.30.